The monoisotopic (exact) mass is 733 g/mol. The zero-order valence-corrected chi connectivity index (χ0v) is 35.3. The van der Waals surface area contributed by atoms with Crippen LogP contribution in [-0.4, -0.2) is 22.2 Å². The third-order valence-electron chi connectivity index (χ3n) is 11.6. The summed E-state index contributed by atoms with van der Waals surface area (Å²) < 4.78 is 0. The van der Waals surface area contributed by atoms with Gasteiger partial charge in [-0.25, -0.2) is 0 Å². The van der Waals surface area contributed by atoms with Crippen LogP contribution in [0.3, 0.4) is 0 Å². The second-order valence-electron chi connectivity index (χ2n) is 16.6. The lowest BCUT2D eigenvalue weighted by atomic mass is 9.80. The van der Waals surface area contributed by atoms with Gasteiger partial charge in [-0.1, -0.05) is 225 Å². The molecule has 52 heavy (non-hydrogen) atoms. The van der Waals surface area contributed by atoms with E-state index in [1.54, 1.807) is 0 Å². The molecule has 0 bridgehead atoms. The molecule has 0 fully saturated rings. The smallest absolute Gasteiger partial charge is 0.306 e. The van der Waals surface area contributed by atoms with Crippen LogP contribution in [0.25, 0.3) is 0 Å². The number of aliphatic carboxylic acids is 2. The lowest BCUT2D eigenvalue weighted by molar-refractivity contribution is -0.144. The van der Waals surface area contributed by atoms with Crippen molar-refractivity contribution in [2.45, 2.75) is 271 Å². The van der Waals surface area contributed by atoms with Gasteiger partial charge in [-0.15, -0.1) is 0 Å². The molecule has 0 aliphatic carbocycles. The molecule has 308 valence electrons. The summed E-state index contributed by atoms with van der Waals surface area (Å²) in [6, 6.07) is 0. The maximum Gasteiger partial charge on any atom is 0.306 e. The summed E-state index contributed by atoms with van der Waals surface area (Å²) in [5, 5.41) is 19.0. The van der Waals surface area contributed by atoms with Gasteiger partial charge >= 0.3 is 11.9 Å². The van der Waals surface area contributed by atoms with Crippen LogP contribution in [0.1, 0.15) is 271 Å². The van der Waals surface area contributed by atoms with Crippen molar-refractivity contribution in [3.05, 3.63) is 12.2 Å². The molecule has 0 aromatic carbocycles. The van der Waals surface area contributed by atoms with Gasteiger partial charge in [-0.2, -0.15) is 0 Å². The van der Waals surface area contributed by atoms with Gasteiger partial charge in [0.1, 0.15) is 0 Å². The Balaban J connectivity index is 4.13. The van der Waals surface area contributed by atoms with E-state index in [0.29, 0.717) is 12.3 Å². The summed E-state index contributed by atoms with van der Waals surface area (Å²) in [5.41, 5.74) is 0. The van der Waals surface area contributed by atoms with E-state index >= 15 is 0 Å². The van der Waals surface area contributed by atoms with Gasteiger partial charge in [0, 0.05) is 6.42 Å². The zero-order valence-electron chi connectivity index (χ0n) is 35.3. The third-order valence-corrected chi connectivity index (χ3v) is 11.6. The van der Waals surface area contributed by atoms with E-state index in [9.17, 15) is 14.7 Å². The molecule has 0 rings (SSSR count). The highest BCUT2D eigenvalue weighted by Gasteiger charge is 2.27. The van der Waals surface area contributed by atoms with Crippen molar-refractivity contribution < 1.29 is 19.8 Å². The van der Waals surface area contributed by atoms with Crippen molar-refractivity contribution in [1.82, 2.24) is 0 Å². The molecule has 2 unspecified atom stereocenters. The lowest BCUT2D eigenvalue weighted by Gasteiger charge is -2.24. The van der Waals surface area contributed by atoms with Crippen LogP contribution in [0.15, 0.2) is 12.2 Å². The standard InChI is InChI=1S/C48H92O4/c1-3-5-7-9-11-12-13-14-15-16-17-18-19-20-21-24-27-31-35-39-43-46(48(51)52)45(41-37-33-29-10-8-6-4-2)42-38-34-30-26-23-22-25-28-32-36-40-44-47(49)50/h14-15,45-46H,3-13,16-44H2,1-2H3,(H,49,50)(H,51,52)/b15-14-. The molecule has 2 atom stereocenters. The van der Waals surface area contributed by atoms with Gasteiger partial charge in [-0.05, 0) is 57.3 Å². The number of unbranched alkanes of at least 4 members (excludes halogenated alkanes) is 32. The fourth-order valence-corrected chi connectivity index (χ4v) is 8.06. The van der Waals surface area contributed by atoms with Crippen molar-refractivity contribution in [2.75, 3.05) is 0 Å². The second-order valence-corrected chi connectivity index (χ2v) is 16.6. The molecule has 4 nitrogen and oxygen atoms in total. The van der Waals surface area contributed by atoms with Crippen molar-refractivity contribution in [2.24, 2.45) is 11.8 Å². The van der Waals surface area contributed by atoms with Crippen molar-refractivity contribution >= 4 is 11.9 Å². The van der Waals surface area contributed by atoms with E-state index in [1.807, 2.05) is 0 Å². The van der Waals surface area contributed by atoms with E-state index in [-0.39, 0.29) is 5.92 Å². The van der Waals surface area contributed by atoms with Gasteiger partial charge in [-0.3, -0.25) is 9.59 Å². The Morgan fingerprint density at radius 1 is 0.385 bits per heavy atom. The maximum absolute atomic E-state index is 12.5. The highest BCUT2D eigenvalue weighted by Crippen LogP contribution is 2.30. The van der Waals surface area contributed by atoms with Gasteiger partial charge in [0.05, 0.1) is 5.92 Å². The molecule has 0 amide bonds. The summed E-state index contributed by atoms with van der Waals surface area (Å²) >= 11 is 0. The normalized spacial score (nSPS) is 12.9. The summed E-state index contributed by atoms with van der Waals surface area (Å²) in [7, 11) is 0. The van der Waals surface area contributed by atoms with Crippen LogP contribution in [0.2, 0.25) is 0 Å². The topological polar surface area (TPSA) is 74.6 Å². The number of hydrogen-bond acceptors (Lipinski definition) is 2. The number of carboxylic acid groups (broad SMARTS) is 2. The lowest BCUT2D eigenvalue weighted by Crippen LogP contribution is -2.24. The highest BCUT2D eigenvalue weighted by atomic mass is 16.4. The Morgan fingerprint density at radius 3 is 1.00 bits per heavy atom. The number of rotatable bonds is 44. The van der Waals surface area contributed by atoms with Crippen LogP contribution < -0.4 is 0 Å². The summed E-state index contributed by atoms with van der Waals surface area (Å²) in [6.07, 6.45) is 54.3. The fraction of sp³-hybridized carbons (Fsp3) is 0.917. The molecule has 4 heteroatoms. The Labute approximate surface area is 325 Å². The first-order chi connectivity index (χ1) is 25.5. The molecule has 0 saturated heterocycles. The van der Waals surface area contributed by atoms with Crippen molar-refractivity contribution in [3.8, 4) is 0 Å². The van der Waals surface area contributed by atoms with Crippen LogP contribution in [0, 0.1) is 11.8 Å². The highest BCUT2D eigenvalue weighted by molar-refractivity contribution is 5.70. The van der Waals surface area contributed by atoms with E-state index in [2.05, 4.69) is 26.0 Å². The van der Waals surface area contributed by atoms with Crippen molar-refractivity contribution in [1.29, 1.82) is 0 Å². The Morgan fingerprint density at radius 2 is 0.673 bits per heavy atom. The molecular weight excluding hydrogens is 641 g/mol. The fourth-order valence-electron chi connectivity index (χ4n) is 8.06. The largest absolute Gasteiger partial charge is 0.481 e. The van der Waals surface area contributed by atoms with Crippen LogP contribution >= 0.6 is 0 Å². The van der Waals surface area contributed by atoms with Gasteiger partial charge in [0.25, 0.3) is 0 Å². The van der Waals surface area contributed by atoms with E-state index < -0.39 is 11.9 Å². The summed E-state index contributed by atoms with van der Waals surface area (Å²) in [4.78, 5) is 23.1. The van der Waals surface area contributed by atoms with Gasteiger partial charge < -0.3 is 10.2 Å². The minimum atomic E-state index is -0.674. The molecule has 0 aliphatic rings. The first-order valence-corrected chi connectivity index (χ1v) is 23.6. The van der Waals surface area contributed by atoms with Crippen LogP contribution in [0.5, 0.6) is 0 Å². The molecule has 0 radical (unpaired) electrons. The second kappa shape index (κ2) is 42.4. The average molecular weight is 733 g/mol. The molecule has 0 saturated carbocycles. The van der Waals surface area contributed by atoms with E-state index in [4.69, 9.17) is 5.11 Å². The predicted octanol–water partition coefficient (Wildman–Crippen LogP) is 16.6. The molecule has 0 aromatic heterocycles. The molecule has 2 N–H and O–H groups in total. The summed E-state index contributed by atoms with van der Waals surface area (Å²) in [5.74, 6) is -1.01. The van der Waals surface area contributed by atoms with Crippen LogP contribution in [0.4, 0.5) is 0 Å². The molecule has 0 aromatic rings. The van der Waals surface area contributed by atoms with Gasteiger partial charge in [0.15, 0.2) is 0 Å². The molecular formula is C48H92O4. The zero-order chi connectivity index (χ0) is 38.0. The van der Waals surface area contributed by atoms with Gasteiger partial charge in [0.2, 0.25) is 0 Å². The average Bonchev–Trinajstić information content (AvgIpc) is 3.13. The molecule has 0 spiro atoms. The Hall–Kier alpha value is -1.32. The van der Waals surface area contributed by atoms with E-state index in [0.717, 1.165) is 44.9 Å². The van der Waals surface area contributed by atoms with E-state index in [1.165, 1.54) is 205 Å². The SMILES string of the molecule is CCCCCCCC/C=C\CCCCCCCCCCCCC(C(=O)O)C(CCCCCCCCC)CCCCCCCCCCCCCC(=O)O. The predicted molar refractivity (Wildman–Crippen MR) is 227 cm³/mol. The molecule has 0 aliphatic heterocycles. The van der Waals surface area contributed by atoms with Crippen LogP contribution in [-0.2, 0) is 9.59 Å². The number of hydrogen-bond donors (Lipinski definition) is 2. The Kier molecular flexibility index (Phi) is 41.3. The first-order valence-electron chi connectivity index (χ1n) is 23.6. The number of carbonyl (C=O) groups is 2. The minimum Gasteiger partial charge on any atom is -0.481 e. The summed E-state index contributed by atoms with van der Waals surface area (Å²) in [6.45, 7) is 4.55. The minimum absolute atomic E-state index is 0.152. The Bertz CT molecular complexity index is 761. The number of carboxylic acids is 2. The number of allylic oxidation sites excluding steroid dienone is 2. The third kappa shape index (κ3) is 38.4. The first kappa shape index (κ1) is 50.7. The molecule has 0 heterocycles. The quantitative estimate of drug-likeness (QED) is 0.0483. The van der Waals surface area contributed by atoms with Crippen molar-refractivity contribution in [3.63, 3.8) is 0 Å². The maximum atomic E-state index is 12.5.